The summed E-state index contributed by atoms with van der Waals surface area (Å²) in [6, 6.07) is 4.96. The first-order valence-electron chi connectivity index (χ1n) is 8.02. The summed E-state index contributed by atoms with van der Waals surface area (Å²) in [6.45, 7) is 0. The third-order valence-electron chi connectivity index (χ3n) is 4.93. The molecule has 6 nitrogen and oxygen atoms in total. The summed E-state index contributed by atoms with van der Waals surface area (Å²) < 4.78 is 7.56. The molecule has 1 amide bonds. The Labute approximate surface area is 154 Å². The van der Waals surface area contributed by atoms with E-state index in [-0.39, 0.29) is 17.9 Å². The SMILES string of the molecule is Cn1cc([C@H]2[C@H]3O[C@H](C[C@@H]3O)[C@@H]2C(=O)Nc2ccc(Cl)c(Cl)c2)cn1. The lowest BCUT2D eigenvalue weighted by Crippen LogP contribution is -2.40. The van der Waals surface area contributed by atoms with Gasteiger partial charge in [0, 0.05) is 31.3 Å². The molecule has 4 rings (SSSR count). The van der Waals surface area contributed by atoms with Crippen molar-refractivity contribution < 1.29 is 14.6 Å². The third-order valence-corrected chi connectivity index (χ3v) is 5.67. The van der Waals surface area contributed by atoms with Gasteiger partial charge in [0.2, 0.25) is 5.91 Å². The number of ether oxygens (including phenoxy) is 1. The zero-order chi connectivity index (χ0) is 17.7. The number of nitrogens with one attached hydrogen (secondary N) is 1. The Morgan fingerprint density at radius 2 is 2.20 bits per heavy atom. The van der Waals surface area contributed by atoms with Gasteiger partial charge in [0.15, 0.2) is 0 Å². The average molecular weight is 382 g/mol. The van der Waals surface area contributed by atoms with Crippen molar-refractivity contribution in [1.82, 2.24) is 9.78 Å². The van der Waals surface area contributed by atoms with E-state index in [2.05, 4.69) is 10.4 Å². The molecule has 5 atom stereocenters. The number of aromatic nitrogens is 2. The highest BCUT2D eigenvalue weighted by molar-refractivity contribution is 6.42. The number of hydrogen-bond acceptors (Lipinski definition) is 4. The fraction of sp³-hybridized carbons (Fsp3) is 0.412. The molecule has 8 heteroatoms. The fourth-order valence-corrected chi connectivity index (χ4v) is 4.15. The van der Waals surface area contributed by atoms with Gasteiger partial charge in [-0.2, -0.15) is 5.10 Å². The number of halogens is 2. The molecular weight excluding hydrogens is 365 g/mol. The van der Waals surface area contributed by atoms with Crippen LogP contribution in [0.1, 0.15) is 17.9 Å². The second-order valence-electron chi connectivity index (χ2n) is 6.56. The largest absolute Gasteiger partial charge is 0.390 e. The second-order valence-corrected chi connectivity index (χ2v) is 7.37. The first-order valence-corrected chi connectivity index (χ1v) is 8.77. The van der Waals surface area contributed by atoms with Crippen LogP contribution in [0.3, 0.4) is 0 Å². The minimum Gasteiger partial charge on any atom is -0.390 e. The van der Waals surface area contributed by atoms with Crippen LogP contribution in [0.25, 0.3) is 0 Å². The first kappa shape index (κ1) is 16.8. The molecule has 0 saturated carbocycles. The molecule has 2 aliphatic rings. The van der Waals surface area contributed by atoms with Gasteiger partial charge in [-0.1, -0.05) is 23.2 Å². The van der Waals surface area contributed by atoms with E-state index in [4.69, 9.17) is 27.9 Å². The number of benzene rings is 1. The molecule has 3 heterocycles. The van der Waals surface area contributed by atoms with Gasteiger partial charge in [0.1, 0.15) is 0 Å². The highest BCUT2D eigenvalue weighted by Crippen LogP contribution is 2.49. The van der Waals surface area contributed by atoms with Crippen LogP contribution >= 0.6 is 23.2 Å². The maximum absolute atomic E-state index is 12.9. The van der Waals surface area contributed by atoms with E-state index < -0.39 is 18.1 Å². The van der Waals surface area contributed by atoms with Gasteiger partial charge in [-0.15, -0.1) is 0 Å². The molecule has 2 saturated heterocycles. The van der Waals surface area contributed by atoms with Gasteiger partial charge in [-0.25, -0.2) is 0 Å². The highest BCUT2D eigenvalue weighted by atomic mass is 35.5. The number of aliphatic hydroxyl groups excluding tert-OH is 1. The van der Waals surface area contributed by atoms with E-state index in [1.165, 1.54) is 0 Å². The number of carbonyl (C=O) groups is 1. The summed E-state index contributed by atoms with van der Waals surface area (Å²) in [5, 5.41) is 18.1. The van der Waals surface area contributed by atoms with E-state index >= 15 is 0 Å². The Balaban J connectivity index is 1.60. The average Bonchev–Trinajstić information content (AvgIpc) is 3.24. The number of anilines is 1. The van der Waals surface area contributed by atoms with E-state index in [0.717, 1.165) is 5.56 Å². The summed E-state index contributed by atoms with van der Waals surface area (Å²) in [6.07, 6.45) is 2.78. The molecule has 0 aliphatic carbocycles. The molecule has 0 spiro atoms. The van der Waals surface area contributed by atoms with Crippen LogP contribution in [0.15, 0.2) is 30.6 Å². The smallest absolute Gasteiger partial charge is 0.230 e. The van der Waals surface area contributed by atoms with Crippen molar-refractivity contribution in [3.05, 3.63) is 46.2 Å². The van der Waals surface area contributed by atoms with Crippen LogP contribution < -0.4 is 5.32 Å². The molecular formula is C17H17Cl2N3O3. The fourth-order valence-electron chi connectivity index (χ4n) is 3.85. The number of aliphatic hydroxyl groups is 1. The maximum atomic E-state index is 12.9. The van der Waals surface area contributed by atoms with Crippen LogP contribution in [-0.2, 0) is 16.6 Å². The van der Waals surface area contributed by atoms with Crippen molar-refractivity contribution in [3.8, 4) is 0 Å². The van der Waals surface area contributed by atoms with Crippen LogP contribution in [0.5, 0.6) is 0 Å². The van der Waals surface area contributed by atoms with Crippen molar-refractivity contribution in [2.75, 3.05) is 5.32 Å². The Bertz CT molecular complexity index is 825. The van der Waals surface area contributed by atoms with E-state index in [1.54, 1.807) is 29.1 Å². The summed E-state index contributed by atoms with van der Waals surface area (Å²) in [5.74, 6) is -0.788. The van der Waals surface area contributed by atoms with Crippen molar-refractivity contribution in [1.29, 1.82) is 0 Å². The lowest BCUT2D eigenvalue weighted by Gasteiger charge is -2.29. The molecule has 2 bridgehead atoms. The molecule has 132 valence electrons. The van der Waals surface area contributed by atoms with Crippen molar-refractivity contribution >= 4 is 34.8 Å². The quantitative estimate of drug-likeness (QED) is 0.856. The monoisotopic (exact) mass is 381 g/mol. The lowest BCUT2D eigenvalue weighted by molar-refractivity contribution is -0.121. The number of fused-ring (bicyclic) bond motifs is 2. The van der Waals surface area contributed by atoms with Crippen LogP contribution in [-0.4, -0.2) is 39.1 Å². The predicted molar refractivity (Wildman–Crippen MR) is 93.8 cm³/mol. The molecule has 0 unspecified atom stereocenters. The number of aryl methyl sites for hydroxylation is 1. The van der Waals surface area contributed by atoms with Gasteiger partial charge in [0.05, 0.1) is 40.5 Å². The molecule has 1 aromatic heterocycles. The third kappa shape index (κ3) is 2.93. The Morgan fingerprint density at radius 1 is 1.40 bits per heavy atom. The Hall–Kier alpha value is -1.60. The van der Waals surface area contributed by atoms with Crippen molar-refractivity contribution in [3.63, 3.8) is 0 Å². The number of nitrogens with zero attached hydrogens (tertiary/aromatic N) is 2. The first-order chi connectivity index (χ1) is 11.9. The Morgan fingerprint density at radius 3 is 2.88 bits per heavy atom. The normalized spacial score (nSPS) is 30.6. The second kappa shape index (κ2) is 6.29. The van der Waals surface area contributed by atoms with Crippen LogP contribution in [0.2, 0.25) is 10.0 Å². The van der Waals surface area contributed by atoms with Gasteiger partial charge < -0.3 is 15.2 Å². The summed E-state index contributed by atoms with van der Waals surface area (Å²) in [7, 11) is 1.82. The lowest BCUT2D eigenvalue weighted by atomic mass is 9.74. The van der Waals surface area contributed by atoms with E-state index in [1.807, 2.05) is 13.2 Å². The summed E-state index contributed by atoms with van der Waals surface area (Å²) in [5.41, 5.74) is 1.47. The molecule has 1 aromatic carbocycles. The Kier molecular flexibility index (Phi) is 4.24. The number of hydrogen-bond donors (Lipinski definition) is 2. The summed E-state index contributed by atoms with van der Waals surface area (Å²) >= 11 is 11.9. The zero-order valence-electron chi connectivity index (χ0n) is 13.4. The summed E-state index contributed by atoms with van der Waals surface area (Å²) in [4.78, 5) is 12.9. The van der Waals surface area contributed by atoms with Crippen molar-refractivity contribution in [2.45, 2.75) is 30.7 Å². The topological polar surface area (TPSA) is 76.4 Å². The zero-order valence-corrected chi connectivity index (χ0v) is 14.9. The van der Waals surface area contributed by atoms with Crippen molar-refractivity contribution in [2.24, 2.45) is 13.0 Å². The number of rotatable bonds is 3. The number of amides is 1. The minimum atomic E-state index is -0.566. The van der Waals surface area contributed by atoms with Crippen LogP contribution in [0.4, 0.5) is 5.69 Å². The maximum Gasteiger partial charge on any atom is 0.230 e. The van der Waals surface area contributed by atoms with E-state index in [0.29, 0.717) is 22.2 Å². The van der Waals surface area contributed by atoms with Gasteiger partial charge >= 0.3 is 0 Å². The number of carbonyl (C=O) groups excluding carboxylic acids is 1. The molecule has 2 aliphatic heterocycles. The molecule has 25 heavy (non-hydrogen) atoms. The minimum absolute atomic E-state index is 0.161. The van der Waals surface area contributed by atoms with E-state index in [9.17, 15) is 9.90 Å². The highest BCUT2D eigenvalue weighted by Gasteiger charge is 2.57. The van der Waals surface area contributed by atoms with Gasteiger partial charge in [-0.3, -0.25) is 9.48 Å². The van der Waals surface area contributed by atoms with Crippen LogP contribution in [0, 0.1) is 5.92 Å². The molecule has 2 aromatic rings. The molecule has 0 radical (unpaired) electrons. The molecule has 2 N–H and O–H groups in total. The molecule has 2 fully saturated rings. The standard InChI is InChI=1S/C17H17Cl2N3O3/c1-22-7-8(6-20-22)14-15(13-5-12(23)16(14)25-13)17(24)21-9-2-3-10(18)11(19)4-9/h2-4,6-7,12-16,23H,5H2,1H3,(H,21,24)/t12-,13+,14+,15-,16-/m0/s1. The predicted octanol–water partition coefficient (Wildman–Crippen LogP) is 2.60. The van der Waals surface area contributed by atoms with Gasteiger partial charge in [0.25, 0.3) is 0 Å². The van der Waals surface area contributed by atoms with Gasteiger partial charge in [-0.05, 0) is 23.8 Å².